The highest BCUT2D eigenvalue weighted by Gasteiger charge is 2.13. The molecule has 0 radical (unpaired) electrons. The molecule has 2 aromatic rings. The molecular formula is C22H28N2O5. The van der Waals surface area contributed by atoms with E-state index in [9.17, 15) is 14.9 Å². The molecule has 0 fully saturated rings. The molecule has 2 rings (SSSR count). The van der Waals surface area contributed by atoms with Gasteiger partial charge in [0.2, 0.25) is 5.91 Å². The lowest BCUT2D eigenvalue weighted by Gasteiger charge is -2.09. The number of amides is 1. The van der Waals surface area contributed by atoms with Crippen molar-refractivity contribution >= 4 is 17.3 Å². The molecule has 2 aromatic carbocycles. The topological polar surface area (TPSA) is 90.7 Å². The summed E-state index contributed by atoms with van der Waals surface area (Å²) in [5, 5.41) is 13.8. The van der Waals surface area contributed by atoms with Crippen LogP contribution in [0.3, 0.4) is 0 Å². The molecule has 0 heterocycles. The Labute approximate surface area is 171 Å². The summed E-state index contributed by atoms with van der Waals surface area (Å²) in [6.45, 7) is 3.10. The van der Waals surface area contributed by atoms with Crippen molar-refractivity contribution in [3.8, 4) is 11.5 Å². The molecule has 0 atom stereocenters. The van der Waals surface area contributed by atoms with Gasteiger partial charge in [0.1, 0.15) is 5.75 Å². The van der Waals surface area contributed by atoms with Gasteiger partial charge in [0.25, 0.3) is 0 Å². The number of nitro benzene ring substituents is 1. The number of nitrogens with zero attached hydrogens (tertiary/aromatic N) is 1. The molecule has 0 saturated carbocycles. The Kier molecular flexibility index (Phi) is 9.48. The average Bonchev–Trinajstić information content (AvgIpc) is 2.72. The third-order valence-electron chi connectivity index (χ3n) is 4.27. The summed E-state index contributed by atoms with van der Waals surface area (Å²) < 4.78 is 11.1. The molecule has 29 heavy (non-hydrogen) atoms. The number of para-hydroxylation sites is 2. The van der Waals surface area contributed by atoms with Crippen LogP contribution in [0.4, 0.5) is 11.4 Å². The Morgan fingerprint density at radius 1 is 0.966 bits per heavy atom. The minimum absolute atomic E-state index is 0.0791. The lowest BCUT2D eigenvalue weighted by atomic mass is 10.2. The zero-order valence-electron chi connectivity index (χ0n) is 16.8. The Hall–Kier alpha value is -3.09. The molecule has 0 aromatic heterocycles. The number of nitrogens with one attached hydrogen (secondary N) is 1. The summed E-state index contributed by atoms with van der Waals surface area (Å²) in [5.41, 5.74) is 0.623. The number of carbonyl (C=O) groups excluding carboxylic acids is 1. The van der Waals surface area contributed by atoms with Crippen LogP contribution in [0.5, 0.6) is 11.5 Å². The van der Waals surface area contributed by atoms with Gasteiger partial charge in [0.15, 0.2) is 5.75 Å². The molecule has 0 aliphatic heterocycles. The van der Waals surface area contributed by atoms with Crippen LogP contribution in [0.2, 0.25) is 0 Å². The first kappa shape index (κ1) is 22.2. The number of carbonyl (C=O) groups is 1. The number of hydrogen-bond donors (Lipinski definition) is 1. The van der Waals surface area contributed by atoms with Gasteiger partial charge in [-0.3, -0.25) is 14.9 Å². The van der Waals surface area contributed by atoms with Gasteiger partial charge in [-0.1, -0.05) is 38.3 Å². The zero-order chi connectivity index (χ0) is 20.9. The van der Waals surface area contributed by atoms with Crippen molar-refractivity contribution < 1.29 is 19.2 Å². The molecule has 0 bridgehead atoms. The van der Waals surface area contributed by atoms with E-state index in [4.69, 9.17) is 9.47 Å². The van der Waals surface area contributed by atoms with E-state index in [1.807, 2.05) is 24.3 Å². The molecule has 0 unspecified atom stereocenters. The fraction of sp³-hybridized carbons (Fsp3) is 0.409. The smallest absolute Gasteiger partial charge is 0.310 e. The van der Waals surface area contributed by atoms with Crippen molar-refractivity contribution in [2.24, 2.45) is 0 Å². The van der Waals surface area contributed by atoms with Crippen LogP contribution in [-0.4, -0.2) is 24.0 Å². The second-order valence-corrected chi connectivity index (χ2v) is 6.66. The molecule has 7 nitrogen and oxygen atoms in total. The number of ether oxygens (including phenoxy) is 2. The van der Waals surface area contributed by atoms with Gasteiger partial charge in [-0.05, 0) is 43.2 Å². The third-order valence-corrected chi connectivity index (χ3v) is 4.27. The third kappa shape index (κ3) is 8.21. The van der Waals surface area contributed by atoms with E-state index >= 15 is 0 Å². The van der Waals surface area contributed by atoms with E-state index in [2.05, 4.69) is 12.2 Å². The fourth-order valence-electron chi connectivity index (χ4n) is 2.72. The minimum atomic E-state index is -0.485. The monoisotopic (exact) mass is 400 g/mol. The molecule has 1 N–H and O–H groups in total. The van der Waals surface area contributed by atoms with Crippen LogP contribution in [-0.2, 0) is 4.79 Å². The second kappa shape index (κ2) is 12.4. The van der Waals surface area contributed by atoms with Gasteiger partial charge < -0.3 is 14.8 Å². The van der Waals surface area contributed by atoms with Gasteiger partial charge in [0, 0.05) is 18.2 Å². The molecule has 0 saturated heterocycles. The number of unbranched alkanes of at least 4 members (excludes halogenated alkanes) is 3. The Morgan fingerprint density at radius 2 is 1.69 bits per heavy atom. The van der Waals surface area contributed by atoms with Crippen LogP contribution in [0, 0.1) is 10.1 Å². The summed E-state index contributed by atoms with van der Waals surface area (Å²) >= 11 is 0. The minimum Gasteiger partial charge on any atom is -0.494 e. The summed E-state index contributed by atoms with van der Waals surface area (Å²) in [6, 6.07) is 13.5. The van der Waals surface area contributed by atoms with Crippen LogP contribution in [0.25, 0.3) is 0 Å². The standard InChI is InChI=1S/C22H28N2O5/c1-2-3-4-7-16-28-19-14-12-18(13-15-19)23-22(25)11-8-17-29-21-10-6-5-9-20(21)24(26)27/h5-6,9-10,12-15H,2-4,7-8,11,16-17H2,1H3,(H,23,25). The lowest BCUT2D eigenvalue weighted by Crippen LogP contribution is -2.13. The Morgan fingerprint density at radius 3 is 2.41 bits per heavy atom. The molecule has 0 aliphatic carbocycles. The zero-order valence-corrected chi connectivity index (χ0v) is 16.8. The molecule has 156 valence electrons. The molecule has 1 amide bonds. The first-order valence-electron chi connectivity index (χ1n) is 9.99. The molecule has 7 heteroatoms. The summed E-state index contributed by atoms with van der Waals surface area (Å²) in [4.78, 5) is 22.5. The summed E-state index contributed by atoms with van der Waals surface area (Å²) in [6.07, 6.45) is 5.36. The maximum atomic E-state index is 12.1. The lowest BCUT2D eigenvalue weighted by molar-refractivity contribution is -0.385. The predicted molar refractivity (Wildman–Crippen MR) is 113 cm³/mol. The normalized spacial score (nSPS) is 10.4. The number of anilines is 1. The second-order valence-electron chi connectivity index (χ2n) is 6.66. The number of hydrogen-bond acceptors (Lipinski definition) is 5. The van der Waals surface area contributed by atoms with E-state index in [1.165, 1.54) is 25.3 Å². The predicted octanol–water partition coefficient (Wildman–Crippen LogP) is 5.35. The molecular weight excluding hydrogens is 372 g/mol. The van der Waals surface area contributed by atoms with Crippen LogP contribution in [0.15, 0.2) is 48.5 Å². The van der Waals surface area contributed by atoms with Crippen molar-refractivity contribution in [3.05, 3.63) is 58.6 Å². The van der Waals surface area contributed by atoms with Crippen molar-refractivity contribution in [2.75, 3.05) is 18.5 Å². The van der Waals surface area contributed by atoms with E-state index in [1.54, 1.807) is 18.2 Å². The van der Waals surface area contributed by atoms with Crippen molar-refractivity contribution in [2.45, 2.75) is 45.4 Å². The van der Waals surface area contributed by atoms with Crippen molar-refractivity contribution in [1.29, 1.82) is 0 Å². The molecule has 0 spiro atoms. The first-order valence-corrected chi connectivity index (χ1v) is 9.99. The van der Waals surface area contributed by atoms with Crippen LogP contribution in [0.1, 0.15) is 45.4 Å². The quantitative estimate of drug-likeness (QED) is 0.278. The van der Waals surface area contributed by atoms with Gasteiger partial charge in [-0.15, -0.1) is 0 Å². The molecule has 0 aliphatic rings. The van der Waals surface area contributed by atoms with Crippen molar-refractivity contribution in [1.82, 2.24) is 0 Å². The van der Waals surface area contributed by atoms with Gasteiger partial charge in [-0.2, -0.15) is 0 Å². The van der Waals surface area contributed by atoms with Crippen LogP contribution < -0.4 is 14.8 Å². The largest absolute Gasteiger partial charge is 0.494 e. The Bertz CT molecular complexity index is 777. The Balaban J connectivity index is 1.67. The van der Waals surface area contributed by atoms with E-state index < -0.39 is 4.92 Å². The summed E-state index contributed by atoms with van der Waals surface area (Å²) in [7, 11) is 0. The van der Waals surface area contributed by atoms with Gasteiger partial charge in [0.05, 0.1) is 18.1 Å². The number of rotatable bonds is 13. The number of nitro groups is 1. The van der Waals surface area contributed by atoms with E-state index in [0.717, 1.165) is 12.2 Å². The van der Waals surface area contributed by atoms with Crippen LogP contribution >= 0.6 is 0 Å². The highest BCUT2D eigenvalue weighted by Crippen LogP contribution is 2.26. The fourth-order valence-corrected chi connectivity index (χ4v) is 2.72. The highest BCUT2D eigenvalue weighted by atomic mass is 16.6. The SMILES string of the molecule is CCCCCCOc1ccc(NC(=O)CCCOc2ccccc2[N+](=O)[O-])cc1. The maximum absolute atomic E-state index is 12.1. The van der Waals surface area contributed by atoms with Gasteiger partial charge >= 0.3 is 5.69 Å². The average molecular weight is 400 g/mol. The van der Waals surface area contributed by atoms with E-state index in [0.29, 0.717) is 18.7 Å². The van der Waals surface area contributed by atoms with E-state index in [-0.39, 0.29) is 30.4 Å². The van der Waals surface area contributed by atoms with Crippen molar-refractivity contribution in [3.63, 3.8) is 0 Å². The van der Waals surface area contributed by atoms with Gasteiger partial charge in [-0.25, -0.2) is 0 Å². The summed E-state index contributed by atoms with van der Waals surface area (Å²) in [5.74, 6) is 0.866. The highest BCUT2D eigenvalue weighted by molar-refractivity contribution is 5.90. The first-order chi connectivity index (χ1) is 14.1. The number of benzene rings is 2. The maximum Gasteiger partial charge on any atom is 0.310 e.